The van der Waals surface area contributed by atoms with Crippen LogP contribution in [0.1, 0.15) is 160 Å². The smallest absolute Gasteiger partial charge is 0.408 e. The average Bonchev–Trinajstić information content (AvgIpc) is 3.67. The Balaban J connectivity index is 0.000000870. The highest BCUT2D eigenvalue weighted by Crippen LogP contribution is 2.34. The molecule has 4 atom stereocenters. The van der Waals surface area contributed by atoms with E-state index >= 15 is 0 Å². The standard InChI is InChI=1S/C20H35N3O3.C13H23NO3.3C2H6/c1-20(2,3)26-19(25)21-17(14-8-6-5-7-9-14)18(24)23-13-11-15-16(23)10-12-22(15)4;1-13(2,3)17-12(16)14-11(9-15)10-7-5-4-6-8-10;3*1-2/h14-17H,5-13H2,1-4H3,(H,21,25);9-11H,4-8H2,1-3H3,(H,14,16);3*1-2H3/t15-,16-,17?;;;;/m1..../s1. The van der Waals surface area contributed by atoms with Crippen molar-refractivity contribution in [3.05, 3.63) is 0 Å². The highest BCUT2D eigenvalue weighted by atomic mass is 16.6. The molecule has 0 aromatic carbocycles. The Morgan fingerprint density at radius 2 is 1.06 bits per heavy atom. The molecule has 49 heavy (non-hydrogen) atoms. The lowest BCUT2D eigenvalue weighted by Crippen LogP contribution is -2.55. The molecule has 0 aromatic rings. The molecule has 10 heteroatoms. The van der Waals surface area contributed by atoms with Crippen molar-refractivity contribution in [3.8, 4) is 0 Å². The predicted molar refractivity (Wildman–Crippen MR) is 201 cm³/mol. The molecular weight excluding hydrogens is 620 g/mol. The van der Waals surface area contributed by atoms with Crippen molar-refractivity contribution >= 4 is 24.4 Å². The van der Waals surface area contributed by atoms with Crippen LogP contribution in [0.5, 0.6) is 0 Å². The third-order valence-corrected chi connectivity index (χ3v) is 9.18. The van der Waals surface area contributed by atoms with Gasteiger partial charge in [-0.15, -0.1) is 0 Å². The first-order chi connectivity index (χ1) is 23.2. The monoisotopic (exact) mass is 697 g/mol. The van der Waals surface area contributed by atoms with Gasteiger partial charge in [0.15, 0.2) is 0 Å². The molecule has 3 amide bonds. The predicted octanol–water partition coefficient (Wildman–Crippen LogP) is 8.50. The number of rotatable bonds is 6. The van der Waals surface area contributed by atoms with E-state index in [1.165, 1.54) is 12.8 Å². The number of carbonyl (C=O) groups is 4. The van der Waals surface area contributed by atoms with Gasteiger partial charge in [0.25, 0.3) is 0 Å². The van der Waals surface area contributed by atoms with Crippen molar-refractivity contribution in [2.45, 2.75) is 196 Å². The number of amides is 3. The number of nitrogens with zero attached hydrogens (tertiary/aromatic N) is 2. The molecule has 2 aliphatic heterocycles. The highest BCUT2D eigenvalue weighted by molar-refractivity contribution is 5.86. The zero-order valence-electron chi connectivity index (χ0n) is 33.8. The minimum Gasteiger partial charge on any atom is -0.444 e. The molecule has 2 aliphatic carbocycles. The summed E-state index contributed by atoms with van der Waals surface area (Å²) >= 11 is 0. The number of likely N-dealkylation sites (N-methyl/N-ethyl adjacent to an activating group) is 1. The summed E-state index contributed by atoms with van der Waals surface area (Å²) in [7, 11) is 2.15. The zero-order valence-corrected chi connectivity index (χ0v) is 33.8. The molecule has 4 fully saturated rings. The normalized spacial score (nSPS) is 22.3. The zero-order chi connectivity index (χ0) is 37.8. The Kier molecular flexibility index (Phi) is 22.8. The quantitative estimate of drug-likeness (QED) is 0.268. The molecule has 4 rings (SSSR count). The van der Waals surface area contributed by atoms with Gasteiger partial charge in [-0.2, -0.15) is 0 Å². The molecule has 2 saturated heterocycles. The first-order valence-electron chi connectivity index (χ1n) is 19.6. The molecule has 288 valence electrons. The highest BCUT2D eigenvalue weighted by Gasteiger charge is 2.46. The Morgan fingerprint density at radius 3 is 1.51 bits per heavy atom. The van der Waals surface area contributed by atoms with Crippen LogP contribution in [-0.2, 0) is 19.1 Å². The first-order valence-corrected chi connectivity index (χ1v) is 19.6. The lowest BCUT2D eigenvalue weighted by atomic mass is 9.83. The van der Waals surface area contributed by atoms with Crippen LogP contribution in [0.3, 0.4) is 0 Å². The summed E-state index contributed by atoms with van der Waals surface area (Å²) in [5.74, 6) is 0.598. The number of ether oxygens (including phenoxy) is 2. The Labute approximate surface area is 300 Å². The van der Waals surface area contributed by atoms with Crippen LogP contribution in [-0.4, -0.2) is 89.7 Å². The van der Waals surface area contributed by atoms with E-state index in [1.807, 2.05) is 88.0 Å². The van der Waals surface area contributed by atoms with Crippen molar-refractivity contribution in [1.29, 1.82) is 0 Å². The van der Waals surface area contributed by atoms with Crippen molar-refractivity contribution in [3.63, 3.8) is 0 Å². The molecule has 2 unspecified atom stereocenters. The number of fused-ring (bicyclic) bond motifs is 1. The van der Waals surface area contributed by atoms with Gasteiger partial charge in [-0.1, -0.05) is 80.1 Å². The number of likely N-dealkylation sites (tertiary alicyclic amines) is 2. The second kappa shape index (κ2) is 23.9. The second-order valence-corrected chi connectivity index (χ2v) is 15.0. The summed E-state index contributed by atoms with van der Waals surface area (Å²) in [5.41, 5.74) is -1.08. The van der Waals surface area contributed by atoms with Crippen molar-refractivity contribution in [2.24, 2.45) is 11.8 Å². The van der Waals surface area contributed by atoms with Crippen LogP contribution in [0.15, 0.2) is 0 Å². The molecule has 0 radical (unpaired) electrons. The van der Waals surface area contributed by atoms with Gasteiger partial charge in [-0.3, -0.25) is 4.79 Å². The van der Waals surface area contributed by atoms with E-state index in [4.69, 9.17) is 9.47 Å². The van der Waals surface area contributed by atoms with E-state index in [-0.39, 0.29) is 17.7 Å². The minimum atomic E-state index is -0.558. The molecule has 0 bridgehead atoms. The van der Waals surface area contributed by atoms with Crippen LogP contribution in [0.2, 0.25) is 0 Å². The topological polar surface area (TPSA) is 117 Å². The lowest BCUT2D eigenvalue weighted by Gasteiger charge is -2.35. The minimum absolute atomic E-state index is 0.102. The number of carbonyl (C=O) groups excluding carboxylic acids is 4. The number of hydrogen-bond acceptors (Lipinski definition) is 7. The third-order valence-electron chi connectivity index (χ3n) is 9.18. The van der Waals surface area contributed by atoms with E-state index in [0.29, 0.717) is 12.1 Å². The maximum absolute atomic E-state index is 13.4. The van der Waals surface area contributed by atoms with Gasteiger partial charge in [0.05, 0.1) is 6.04 Å². The molecule has 10 nitrogen and oxygen atoms in total. The fourth-order valence-corrected chi connectivity index (χ4v) is 7.14. The molecule has 0 spiro atoms. The van der Waals surface area contributed by atoms with Crippen LogP contribution >= 0.6 is 0 Å². The number of aldehydes is 1. The van der Waals surface area contributed by atoms with E-state index in [1.54, 1.807) is 0 Å². The molecular formula is C39H76N4O6. The Hall–Kier alpha value is -2.36. The SMILES string of the molecule is CC.CC.CC.CC(C)(C)OC(=O)NC(C=O)C1CCCCC1.CN1CC[C@@H]2[C@H]1CCN2C(=O)C(NC(=O)OC(C)(C)C)C1CCCCC1. The summed E-state index contributed by atoms with van der Waals surface area (Å²) in [4.78, 5) is 52.9. The number of hydrogen-bond donors (Lipinski definition) is 2. The Morgan fingerprint density at radius 1 is 0.633 bits per heavy atom. The maximum atomic E-state index is 13.4. The number of nitrogens with one attached hydrogen (secondary N) is 2. The summed E-state index contributed by atoms with van der Waals surface area (Å²) in [5, 5.41) is 5.61. The average molecular weight is 697 g/mol. The van der Waals surface area contributed by atoms with Crippen LogP contribution < -0.4 is 10.6 Å². The second-order valence-electron chi connectivity index (χ2n) is 15.0. The first kappa shape index (κ1) is 46.6. The van der Waals surface area contributed by atoms with Gasteiger partial charge in [-0.05, 0) is 99.0 Å². The lowest BCUT2D eigenvalue weighted by molar-refractivity contribution is -0.136. The summed E-state index contributed by atoms with van der Waals surface area (Å²) in [6, 6.07) is -0.0635. The van der Waals surface area contributed by atoms with Gasteiger partial charge in [0.1, 0.15) is 23.5 Å². The number of alkyl carbamates (subject to hydrolysis) is 2. The van der Waals surface area contributed by atoms with Gasteiger partial charge in [0.2, 0.25) is 5.91 Å². The van der Waals surface area contributed by atoms with E-state index < -0.39 is 35.5 Å². The fourth-order valence-electron chi connectivity index (χ4n) is 7.14. The molecule has 2 saturated carbocycles. The van der Waals surface area contributed by atoms with Crippen molar-refractivity contribution < 1.29 is 28.7 Å². The Bertz CT molecular complexity index is 935. The van der Waals surface area contributed by atoms with E-state index in [0.717, 1.165) is 83.6 Å². The fraction of sp³-hybridized carbons (Fsp3) is 0.897. The largest absolute Gasteiger partial charge is 0.444 e. The van der Waals surface area contributed by atoms with Crippen molar-refractivity contribution in [2.75, 3.05) is 20.1 Å². The molecule has 4 aliphatic rings. The summed E-state index contributed by atoms with van der Waals surface area (Å²) in [6.45, 7) is 24.8. The van der Waals surface area contributed by atoms with E-state index in [2.05, 4.69) is 22.6 Å². The van der Waals surface area contributed by atoms with Crippen molar-refractivity contribution in [1.82, 2.24) is 20.4 Å². The van der Waals surface area contributed by atoms with E-state index in [9.17, 15) is 19.2 Å². The van der Waals surface area contributed by atoms with Gasteiger partial charge in [0, 0.05) is 25.2 Å². The molecule has 2 N–H and O–H groups in total. The summed E-state index contributed by atoms with van der Waals surface area (Å²) in [6.07, 6.45) is 13.0. The van der Waals surface area contributed by atoms with Crippen LogP contribution in [0.25, 0.3) is 0 Å². The van der Waals surface area contributed by atoms with Gasteiger partial charge in [-0.25, -0.2) is 9.59 Å². The summed E-state index contributed by atoms with van der Waals surface area (Å²) < 4.78 is 10.6. The van der Waals surface area contributed by atoms with Gasteiger partial charge >= 0.3 is 12.2 Å². The van der Waals surface area contributed by atoms with Crippen LogP contribution in [0, 0.1) is 11.8 Å². The third kappa shape index (κ3) is 16.9. The van der Waals surface area contributed by atoms with Crippen LogP contribution in [0.4, 0.5) is 9.59 Å². The molecule has 2 heterocycles. The maximum Gasteiger partial charge on any atom is 0.408 e. The van der Waals surface area contributed by atoms with Gasteiger partial charge < -0.3 is 34.7 Å². The molecule has 0 aromatic heterocycles.